The molecule has 0 spiro atoms. The van der Waals surface area contributed by atoms with E-state index < -0.39 is 0 Å². The lowest BCUT2D eigenvalue weighted by atomic mass is 9.96. The van der Waals surface area contributed by atoms with Crippen LogP contribution in [0.2, 0.25) is 0 Å². The van der Waals surface area contributed by atoms with Gasteiger partial charge < -0.3 is 0 Å². The molecule has 1 aliphatic carbocycles. The van der Waals surface area contributed by atoms with Gasteiger partial charge in [0.05, 0.1) is 11.9 Å². The van der Waals surface area contributed by atoms with Crippen LogP contribution in [0.15, 0.2) is 6.20 Å². The van der Waals surface area contributed by atoms with E-state index >= 15 is 0 Å². The van der Waals surface area contributed by atoms with Crippen LogP contribution in [0, 0.1) is 0 Å². The van der Waals surface area contributed by atoms with Crippen molar-refractivity contribution in [2.45, 2.75) is 56.9 Å². The topological polar surface area (TPSA) is 30.7 Å². The van der Waals surface area contributed by atoms with Crippen LogP contribution in [0.25, 0.3) is 0 Å². The van der Waals surface area contributed by atoms with Gasteiger partial charge in [-0.25, -0.2) is 4.68 Å². The predicted octanol–water partition coefficient (Wildman–Crippen LogP) is 2.95. The summed E-state index contributed by atoms with van der Waals surface area (Å²) in [5.41, 5.74) is 1.22. The van der Waals surface area contributed by atoms with Gasteiger partial charge in [0, 0.05) is 17.8 Å². The molecule has 1 aromatic heterocycles. The lowest BCUT2D eigenvalue weighted by Gasteiger charge is -2.19. The molecule has 84 valence electrons. The van der Waals surface area contributed by atoms with Crippen molar-refractivity contribution in [3.05, 3.63) is 11.9 Å². The highest BCUT2D eigenvalue weighted by Crippen LogP contribution is 2.34. The van der Waals surface area contributed by atoms with Crippen LogP contribution in [-0.2, 0) is 6.54 Å². The molecule has 3 nitrogen and oxygen atoms in total. The molecule has 1 aliphatic rings. The minimum Gasteiger partial charge on any atom is -0.249 e. The Morgan fingerprint density at radius 3 is 3.00 bits per heavy atom. The van der Waals surface area contributed by atoms with Crippen LogP contribution in [-0.4, -0.2) is 20.4 Å². The molecule has 0 bridgehead atoms. The molecular weight excluding hydrogens is 210 g/mol. The van der Waals surface area contributed by atoms with Crippen LogP contribution < -0.4 is 0 Å². The molecule has 2 unspecified atom stereocenters. The fourth-order valence-corrected chi connectivity index (χ4v) is 2.80. The maximum absolute atomic E-state index is 6.44. The zero-order chi connectivity index (χ0) is 10.7. The van der Waals surface area contributed by atoms with Crippen LogP contribution in [0.4, 0.5) is 0 Å². The van der Waals surface area contributed by atoms with Gasteiger partial charge in [-0.3, -0.25) is 0 Å². The minimum atomic E-state index is 0.260. The summed E-state index contributed by atoms with van der Waals surface area (Å²) in [6, 6.07) is 0. The predicted molar refractivity (Wildman–Crippen MR) is 61.2 cm³/mol. The molecular formula is C11H18ClN3. The second kappa shape index (κ2) is 4.97. The summed E-state index contributed by atoms with van der Waals surface area (Å²) >= 11 is 6.44. The number of halogens is 1. The molecule has 0 N–H and O–H groups in total. The summed E-state index contributed by atoms with van der Waals surface area (Å²) in [6.07, 6.45) is 8.05. The molecule has 2 rings (SSSR count). The summed E-state index contributed by atoms with van der Waals surface area (Å²) in [6.45, 7) is 2.98. The van der Waals surface area contributed by atoms with Gasteiger partial charge in [-0.2, -0.15) is 0 Å². The van der Waals surface area contributed by atoms with E-state index in [-0.39, 0.29) is 5.38 Å². The van der Waals surface area contributed by atoms with E-state index in [1.807, 2.05) is 10.9 Å². The first-order chi connectivity index (χ1) is 7.33. The highest BCUT2D eigenvalue weighted by atomic mass is 35.5. The average molecular weight is 228 g/mol. The van der Waals surface area contributed by atoms with Gasteiger partial charge in [-0.1, -0.05) is 24.5 Å². The SMILES string of the molecule is CCn1nncc1C1CCCCCC1Cl. The number of rotatable bonds is 2. The maximum atomic E-state index is 6.44. The number of hydrogen-bond acceptors (Lipinski definition) is 2. The first kappa shape index (κ1) is 10.9. The number of nitrogens with zero attached hydrogens (tertiary/aromatic N) is 3. The Morgan fingerprint density at radius 2 is 2.20 bits per heavy atom. The van der Waals surface area contributed by atoms with E-state index in [2.05, 4.69) is 17.2 Å². The molecule has 1 heterocycles. The summed E-state index contributed by atoms with van der Waals surface area (Å²) in [5, 5.41) is 8.33. The smallest absolute Gasteiger partial charge is 0.0728 e. The van der Waals surface area contributed by atoms with Crippen molar-refractivity contribution < 1.29 is 0 Å². The minimum absolute atomic E-state index is 0.260. The van der Waals surface area contributed by atoms with Gasteiger partial charge in [0.2, 0.25) is 0 Å². The standard InChI is InChI=1S/C11H18ClN3/c1-2-15-11(8-13-14-15)9-6-4-3-5-7-10(9)12/h8-10H,2-7H2,1H3. The molecule has 1 saturated carbocycles. The molecule has 2 atom stereocenters. The zero-order valence-corrected chi connectivity index (χ0v) is 9.95. The number of hydrogen-bond donors (Lipinski definition) is 0. The second-order valence-electron chi connectivity index (χ2n) is 4.24. The van der Waals surface area contributed by atoms with E-state index in [4.69, 9.17) is 11.6 Å². The fourth-order valence-electron chi connectivity index (χ4n) is 2.39. The van der Waals surface area contributed by atoms with Gasteiger partial charge in [-0.15, -0.1) is 16.7 Å². The Morgan fingerprint density at radius 1 is 1.40 bits per heavy atom. The summed E-state index contributed by atoms with van der Waals surface area (Å²) in [4.78, 5) is 0. The van der Waals surface area contributed by atoms with E-state index in [0.717, 1.165) is 13.0 Å². The summed E-state index contributed by atoms with van der Waals surface area (Å²) in [5.74, 6) is 0.448. The third-order valence-electron chi connectivity index (χ3n) is 3.26. The lowest BCUT2D eigenvalue weighted by molar-refractivity contribution is 0.516. The van der Waals surface area contributed by atoms with E-state index in [1.165, 1.54) is 31.4 Å². The van der Waals surface area contributed by atoms with Gasteiger partial charge >= 0.3 is 0 Å². The highest BCUT2D eigenvalue weighted by molar-refractivity contribution is 6.21. The quantitative estimate of drug-likeness (QED) is 0.575. The van der Waals surface area contributed by atoms with Gasteiger partial charge in [-0.05, 0) is 19.8 Å². The van der Waals surface area contributed by atoms with E-state index in [0.29, 0.717) is 5.92 Å². The molecule has 1 fully saturated rings. The fraction of sp³-hybridized carbons (Fsp3) is 0.818. The van der Waals surface area contributed by atoms with Crippen molar-refractivity contribution >= 4 is 11.6 Å². The lowest BCUT2D eigenvalue weighted by Crippen LogP contribution is -2.16. The van der Waals surface area contributed by atoms with Crippen molar-refractivity contribution in [3.8, 4) is 0 Å². The van der Waals surface area contributed by atoms with Gasteiger partial charge in [0.15, 0.2) is 0 Å². The third kappa shape index (κ3) is 2.33. The molecule has 0 aromatic carbocycles. The Hall–Kier alpha value is -0.570. The largest absolute Gasteiger partial charge is 0.249 e. The monoisotopic (exact) mass is 227 g/mol. The molecule has 0 amide bonds. The zero-order valence-electron chi connectivity index (χ0n) is 9.19. The molecule has 1 aromatic rings. The Bertz CT molecular complexity index is 311. The first-order valence-corrected chi connectivity index (χ1v) is 6.29. The first-order valence-electron chi connectivity index (χ1n) is 5.85. The average Bonchev–Trinajstić information content (AvgIpc) is 2.61. The normalized spacial score (nSPS) is 27.6. The Labute approximate surface area is 95.8 Å². The van der Waals surface area contributed by atoms with Crippen molar-refractivity contribution in [1.29, 1.82) is 0 Å². The second-order valence-corrected chi connectivity index (χ2v) is 4.80. The Kier molecular flexibility index (Phi) is 3.62. The molecule has 4 heteroatoms. The Balaban J connectivity index is 2.19. The van der Waals surface area contributed by atoms with Crippen molar-refractivity contribution in [3.63, 3.8) is 0 Å². The van der Waals surface area contributed by atoms with Crippen molar-refractivity contribution in [1.82, 2.24) is 15.0 Å². The van der Waals surface area contributed by atoms with Crippen molar-refractivity contribution in [2.24, 2.45) is 0 Å². The highest BCUT2D eigenvalue weighted by Gasteiger charge is 2.26. The van der Waals surface area contributed by atoms with Gasteiger partial charge in [0.25, 0.3) is 0 Å². The third-order valence-corrected chi connectivity index (χ3v) is 3.78. The van der Waals surface area contributed by atoms with E-state index in [9.17, 15) is 0 Å². The molecule has 0 aliphatic heterocycles. The van der Waals surface area contributed by atoms with Crippen molar-refractivity contribution in [2.75, 3.05) is 0 Å². The van der Waals surface area contributed by atoms with Crippen LogP contribution in [0.5, 0.6) is 0 Å². The summed E-state index contributed by atoms with van der Waals surface area (Å²) in [7, 11) is 0. The van der Waals surface area contributed by atoms with E-state index in [1.54, 1.807) is 0 Å². The number of aryl methyl sites for hydroxylation is 1. The van der Waals surface area contributed by atoms with Gasteiger partial charge in [0.1, 0.15) is 0 Å². The summed E-state index contributed by atoms with van der Waals surface area (Å²) < 4.78 is 1.98. The number of aromatic nitrogens is 3. The number of alkyl halides is 1. The van der Waals surface area contributed by atoms with Crippen LogP contribution in [0.3, 0.4) is 0 Å². The van der Waals surface area contributed by atoms with Crippen LogP contribution in [0.1, 0.15) is 50.6 Å². The molecule has 0 saturated heterocycles. The molecule has 15 heavy (non-hydrogen) atoms. The molecule has 0 radical (unpaired) electrons. The van der Waals surface area contributed by atoms with Crippen LogP contribution >= 0.6 is 11.6 Å². The maximum Gasteiger partial charge on any atom is 0.0728 e.